The number of nitrogens with one attached hydrogen (secondary N) is 1. The van der Waals surface area contributed by atoms with E-state index in [0.717, 1.165) is 0 Å². The van der Waals surface area contributed by atoms with Crippen molar-refractivity contribution in [3.05, 3.63) is 29.6 Å². The molecule has 112 valence electrons. The molecule has 1 aromatic carbocycles. The minimum atomic E-state index is -0.297. The van der Waals surface area contributed by atoms with Crippen LogP contribution in [-0.4, -0.2) is 26.2 Å². The summed E-state index contributed by atoms with van der Waals surface area (Å²) in [6.07, 6.45) is 1.04. The van der Waals surface area contributed by atoms with Crippen molar-refractivity contribution in [2.75, 3.05) is 20.3 Å². The monoisotopic (exact) mass is 283 g/mol. The number of esters is 1. The third kappa shape index (κ3) is 5.17. The molecule has 0 aliphatic rings. The molecule has 1 unspecified atom stereocenters. The molecule has 4 nitrogen and oxygen atoms in total. The number of methoxy groups -OCH3 is 1. The van der Waals surface area contributed by atoms with Crippen molar-refractivity contribution in [1.82, 2.24) is 5.32 Å². The number of rotatable bonds is 8. The Bertz CT molecular complexity index is 437. The van der Waals surface area contributed by atoms with Crippen LogP contribution in [0.15, 0.2) is 18.2 Å². The number of carbonyl (C=O) groups is 1. The summed E-state index contributed by atoms with van der Waals surface area (Å²) in [7, 11) is 1.51. The van der Waals surface area contributed by atoms with Crippen molar-refractivity contribution < 1.29 is 18.7 Å². The zero-order valence-corrected chi connectivity index (χ0v) is 12.2. The Kier molecular flexibility index (Phi) is 7.01. The van der Waals surface area contributed by atoms with E-state index >= 15 is 0 Å². The van der Waals surface area contributed by atoms with Crippen molar-refractivity contribution >= 4 is 5.97 Å². The van der Waals surface area contributed by atoms with Gasteiger partial charge in [-0.2, -0.15) is 0 Å². The lowest BCUT2D eigenvalue weighted by Gasteiger charge is -2.15. The molecule has 20 heavy (non-hydrogen) atoms. The molecule has 0 aliphatic carbocycles. The first kappa shape index (κ1) is 16.4. The number of benzene rings is 1. The van der Waals surface area contributed by atoms with E-state index in [2.05, 4.69) is 5.32 Å². The molecule has 0 radical (unpaired) electrons. The number of ether oxygens (including phenoxy) is 2. The molecule has 1 aromatic rings. The molecular weight excluding hydrogens is 261 g/mol. The summed E-state index contributed by atoms with van der Waals surface area (Å²) in [5.41, 5.74) is 0.585. The molecule has 1 N–H and O–H groups in total. The first-order chi connectivity index (χ1) is 9.58. The molecule has 0 aliphatic heterocycles. The fourth-order valence-corrected chi connectivity index (χ4v) is 1.88. The molecule has 0 heterocycles. The summed E-state index contributed by atoms with van der Waals surface area (Å²) in [5.74, 6) is 0.00749. The average molecular weight is 283 g/mol. The highest BCUT2D eigenvalue weighted by Crippen LogP contribution is 2.21. The number of carbonyl (C=O) groups excluding carboxylic acids is 1. The second kappa shape index (κ2) is 8.53. The van der Waals surface area contributed by atoms with Gasteiger partial charge >= 0.3 is 5.97 Å². The van der Waals surface area contributed by atoms with Crippen LogP contribution in [0.3, 0.4) is 0 Å². The maximum absolute atomic E-state index is 13.8. The molecule has 5 heteroatoms. The zero-order chi connectivity index (χ0) is 15.0. The number of halogens is 1. The highest BCUT2D eigenvalue weighted by Gasteiger charge is 2.11. The van der Waals surface area contributed by atoms with Gasteiger partial charge in [-0.05, 0) is 32.9 Å². The third-order valence-corrected chi connectivity index (χ3v) is 2.99. The van der Waals surface area contributed by atoms with E-state index in [0.29, 0.717) is 37.3 Å². The Hall–Kier alpha value is -1.62. The lowest BCUT2D eigenvalue weighted by molar-refractivity contribution is -0.143. The first-order valence-corrected chi connectivity index (χ1v) is 6.81. The summed E-state index contributed by atoms with van der Waals surface area (Å²) >= 11 is 0. The SMILES string of the molecule is CCOC(=O)CCCNC(C)c1ccc(OC)cc1F. The van der Waals surface area contributed by atoms with Crippen LogP contribution in [-0.2, 0) is 9.53 Å². The van der Waals surface area contributed by atoms with Gasteiger partial charge in [-0.15, -0.1) is 0 Å². The van der Waals surface area contributed by atoms with Gasteiger partial charge in [0.2, 0.25) is 0 Å². The van der Waals surface area contributed by atoms with Crippen molar-refractivity contribution in [1.29, 1.82) is 0 Å². The third-order valence-electron chi connectivity index (χ3n) is 2.99. The molecule has 1 rings (SSSR count). The molecule has 0 saturated heterocycles. The van der Waals surface area contributed by atoms with Crippen LogP contribution in [0.5, 0.6) is 5.75 Å². The smallest absolute Gasteiger partial charge is 0.305 e. The van der Waals surface area contributed by atoms with Gasteiger partial charge in [0.05, 0.1) is 13.7 Å². The van der Waals surface area contributed by atoms with E-state index in [-0.39, 0.29) is 17.8 Å². The van der Waals surface area contributed by atoms with Crippen molar-refractivity contribution in [3.63, 3.8) is 0 Å². The second-order valence-corrected chi connectivity index (χ2v) is 4.47. The highest BCUT2D eigenvalue weighted by molar-refractivity contribution is 5.69. The largest absolute Gasteiger partial charge is 0.497 e. The van der Waals surface area contributed by atoms with Gasteiger partial charge in [0.15, 0.2) is 0 Å². The van der Waals surface area contributed by atoms with Crippen LogP contribution in [0.25, 0.3) is 0 Å². The summed E-state index contributed by atoms with van der Waals surface area (Å²) in [6.45, 7) is 4.70. The van der Waals surface area contributed by atoms with Gasteiger partial charge in [-0.1, -0.05) is 6.07 Å². The van der Waals surface area contributed by atoms with Crippen LogP contribution in [0.2, 0.25) is 0 Å². The Morgan fingerprint density at radius 2 is 2.20 bits per heavy atom. The predicted molar refractivity (Wildman–Crippen MR) is 75.2 cm³/mol. The fraction of sp³-hybridized carbons (Fsp3) is 0.533. The maximum Gasteiger partial charge on any atom is 0.305 e. The Morgan fingerprint density at radius 1 is 1.45 bits per heavy atom. The van der Waals surface area contributed by atoms with Gasteiger partial charge < -0.3 is 14.8 Å². The van der Waals surface area contributed by atoms with E-state index in [1.54, 1.807) is 19.1 Å². The van der Waals surface area contributed by atoms with E-state index in [4.69, 9.17) is 9.47 Å². The highest BCUT2D eigenvalue weighted by atomic mass is 19.1. The van der Waals surface area contributed by atoms with Crippen molar-refractivity contribution in [2.24, 2.45) is 0 Å². The zero-order valence-electron chi connectivity index (χ0n) is 12.2. The van der Waals surface area contributed by atoms with Crippen LogP contribution >= 0.6 is 0 Å². The molecular formula is C15H22FNO3. The molecule has 0 amide bonds. The summed E-state index contributed by atoms with van der Waals surface area (Å²) in [5, 5.41) is 3.19. The van der Waals surface area contributed by atoms with Gasteiger partial charge in [-0.25, -0.2) is 4.39 Å². The molecule has 0 aromatic heterocycles. The lowest BCUT2D eigenvalue weighted by Crippen LogP contribution is -2.21. The van der Waals surface area contributed by atoms with Gasteiger partial charge in [0.25, 0.3) is 0 Å². The molecule has 0 bridgehead atoms. The van der Waals surface area contributed by atoms with E-state index in [1.165, 1.54) is 13.2 Å². The molecule has 0 spiro atoms. The maximum atomic E-state index is 13.8. The summed E-state index contributed by atoms with van der Waals surface area (Å²) in [4.78, 5) is 11.2. The van der Waals surface area contributed by atoms with E-state index < -0.39 is 0 Å². The molecule has 0 fully saturated rings. The number of hydrogen-bond donors (Lipinski definition) is 1. The van der Waals surface area contributed by atoms with Crippen LogP contribution in [0.4, 0.5) is 4.39 Å². The average Bonchev–Trinajstić information content (AvgIpc) is 2.43. The van der Waals surface area contributed by atoms with Gasteiger partial charge in [0.1, 0.15) is 11.6 Å². The predicted octanol–water partition coefficient (Wildman–Crippen LogP) is 2.83. The second-order valence-electron chi connectivity index (χ2n) is 4.47. The minimum Gasteiger partial charge on any atom is -0.497 e. The Labute approximate surface area is 119 Å². The van der Waals surface area contributed by atoms with Crippen LogP contribution in [0.1, 0.15) is 38.3 Å². The normalized spacial score (nSPS) is 12.0. The lowest BCUT2D eigenvalue weighted by atomic mass is 10.1. The van der Waals surface area contributed by atoms with E-state index in [1.807, 2.05) is 6.92 Å². The number of hydrogen-bond acceptors (Lipinski definition) is 4. The topological polar surface area (TPSA) is 47.6 Å². The quantitative estimate of drug-likeness (QED) is 0.588. The van der Waals surface area contributed by atoms with Gasteiger partial charge in [0, 0.05) is 24.1 Å². The van der Waals surface area contributed by atoms with Crippen LogP contribution < -0.4 is 10.1 Å². The Balaban J connectivity index is 2.39. The van der Waals surface area contributed by atoms with E-state index in [9.17, 15) is 9.18 Å². The van der Waals surface area contributed by atoms with Gasteiger partial charge in [-0.3, -0.25) is 4.79 Å². The summed E-state index contributed by atoms with van der Waals surface area (Å²) < 4.78 is 23.6. The fourth-order valence-electron chi connectivity index (χ4n) is 1.88. The molecule has 1 atom stereocenters. The standard InChI is InChI=1S/C15H22FNO3/c1-4-20-15(18)6-5-9-17-11(2)13-8-7-12(19-3)10-14(13)16/h7-8,10-11,17H,4-6,9H2,1-3H3. The van der Waals surface area contributed by atoms with Crippen LogP contribution in [0, 0.1) is 5.82 Å². The first-order valence-electron chi connectivity index (χ1n) is 6.81. The van der Waals surface area contributed by atoms with Crippen molar-refractivity contribution in [2.45, 2.75) is 32.7 Å². The molecule has 0 saturated carbocycles. The summed E-state index contributed by atoms with van der Waals surface area (Å²) in [6, 6.07) is 4.68. The van der Waals surface area contributed by atoms with Crippen molar-refractivity contribution in [3.8, 4) is 5.75 Å². The minimum absolute atomic E-state index is 0.122. The Morgan fingerprint density at radius 3 is 2.80 bits per heavy atom.